The zero-order valence-corrected chi connectivity index (χ0v) is 12.4. The number of carbonyl (C=O) groups is 1. The Bertz CT molecular complexity index is 255. The van der Waals surface area contributed by atoms with Gasteiger partial charge in [0.1, 0.15) is 0 Å². The summed E-state index contributed by atoms with van der Waals surface area (Å²) in [5.41, 5.74) is 0. The molecule has 1 aliphatic rings. The molecular formula is C15H29NO2. The molecule has 1 fully saturated rings. The van der Waals surface area contributed by atoms with E-state index < -0.39 is 5.97 Å². The van der Waals surface area contributed by atoms with Crippen molar-refractivity contribution in [1.29, 1.82) is 0 Å². The second-order valence-electron chi connectivity index (χ2n) is 6.20. The molecule has 0 heterocycles. The molecule has 0 aromatic rings. The van der Waals surface area contributed by atoms with Gasteiger partial charge in [-0.3, -0.25) is 9.69 Å². The van der Waals surface area contributed by atoms with Crippen LogP contribution in [-0.4, -0.2) is 34.6 Å². The van der Waals surface area contributed by atoms with E-state index >= 15 is 0 Å². The standard InChI is InChI=1S/C15H29NO2/c1-11(2)16(10-6-9-14(17)18)15-12(3)7-5-8-13(15)4/h11-13,15H,5-10H2,1-4H3,(H,17,18). The minimum Gasteiger partial charge on any atom is -0.481 e. The SMILES string of the molecule is CC1CCCC(C)C1N(CCCC(=O)O)C(C)C. The molecule has 0 aromatic carbocycles. The minimum atomic E-state index is -0.677. The second-order valence-corrected chi connectivity index (χ2v) is 6.20. The van der Waals surface area contributed by atoms with Gasteiger partial charge in [-0.05, 0) is 51.5 Å². The molecular weight excluding hydrogens is 226 g/mol. The lowest BCUT2D eigenvalue weighted by Crippen LogP contribution is -2.49. The molecule has 2 unspecified atom stereocenters. The van der Waals surface area contributed by atoms with Gasteiger partial charge in [0.25, 0.3) is 0 Å². The van der Waals surface area contributed by atoms with Crippen LogP contribution in [0.4, 0.5) is 0 Å². The van der Waals surface area contributed by atoms with E-state index in [0.29, 0.717) is 18.5 Å². The zero-order valence-electron chi connectivity index (χ0n) is 12.4. The van der Waals surface area contributed by atoms with Gasteiger partial charge < -0.3 is 5.11 Å². The molecule has 0 radical (unpaired) electrons. The molecule has 106 valence electrons. The van der Waals surface area contributed by atoms with Gasteiger partial charge in [-0.25, -0.2) is 0 Å². The van der Waals surface area contributed by atoms with Crippen molar-refractivity contribution in [3.8, 4) is 0 Å². The highest BCUT2D eigenvalue weighted by molar-refractivity contribution is 5.66. The summed E-state index contributed by atoms with van der Waals surface area (Å²) in [6, 6.07) is 1.14. The number of hydrogen-bond donors (Lipinski definition) is 1. The Labute approximate surface area is 112 Å². The van der Waals surface area contributed by atoms with Crippen LogP contribution in [0, 0.1) is 11.8 Å². The predicted octanol–water partition coefficient (Wildman–Crippen LogP) is 3.39. The largest absolute Gasteiger partial charge is 0.481 e. The summed E-state index contributed by atoms with van der Waals surface area (Å²) in [5.74, 6) is 0.797. The second kappa shape index (κ2) is 7.13. The smallest absolute Gasteiger partial charge is 0.303 e. The fraction of sp³-hybridized carbons (Fsp3) is 0.933. The Morgan fingerprint density at radius 3 is 2.28 bits per heavy atom. The molecule has 1 saturated carbocycles. The van der Waals surface area contributed by atoms with Crippen molar-refractivity contribution in [2.75, 3.05) is 6.54 Å². The Morgan fingerprint density at radius 2 is 1.83 bits per heavy atom. The summed E-state index contributed by atoms with van der Waals surface area (Å²) < 4.78 is 0. The minimum absolute atomic E-state index is 0.290. The normalized spacial score (nSPS) is 28.9. The van der Waals surface area contributed by atoms with Gasteiger partial charge in [0.2, 0.25) is 0 Å². The fourth-order valence-corrected chi connectivity index (χ4v) is 3.48. The van der Waals surface area contributed by atoms with Crippen molar-refractivity contribution in [2.45, 2.75) is 71.9 Å². The van der Waals surface area contributed by atoms with Gasteiger partial charge in [0.15, 0.2) is 0 Å². The molecule has 0 bridgehead atoms. The van der Waals surface area contributed by atoms with Crippen LogP contribution < -0.4 is 0 Å². The van der Waals surface area contributed by atoms with Crippen molar-refractivity contribution >= 4 is 5.97 Å². The van der Waals surface area contributed by atoms with Gasteiger partial charge in [0.05, 0.1) is 0 Å². The quantitative estimate of drug-likeness (QED) is 0.791. The summed E-state index contributed by atoms with van der Waals surface area (Å²) in [6.45, 7) is 10.1. The van der Waals surface area contributed by atoms with Crippen molar-refractivity contribution in [3.63, 3.8) is 0 Å². The molecule has 18 heavy (non-hydrogen) atoms. The predicted molar refractivity (Wildman–Crippen MR) is 74.7 cm³/mol. The van der Waals surface area contributed by atoms with Gasteiger partial charge in [-0.2, -0.15) is 0 Å². The topological polar surface area (TPSA) is 40.5 Å². The monoisotopic (exact) mass is 255 g/mol. The highest BCUT2D eigenvalue weighted by Gasteiger charge is 2.33. The lowest BCUT2D eigenvalue weighted by atomic mass is 9.77. The third-order valence-corrected chi connectivity index (χ3v) is 4.34. The first-order valence-electron chi connectivity index (χ1n) is 7.41. The van der Waals surface area contributed by atoms with Gasteiger partial charge in [0, 0.05) is 18.5 Å². The highest BCUT2D eigenvalue weighted by Crippen LogP contribution is 2.33. The summed E-state index contributed by atoms with van der Waals surface area (Å²) in [6.07, 6.45) is 5.04. The van der Waals surface area contributed by atoms with Crippen LogP contribution in [0.2, 0.25) is 0 Å². The summed E-state index contributed by atoms with van der Waals surface area (Å²) in [4.78, 5) is 13.2. The lowest BCUT2D eigenvalue weighted by Gasteiger charge is -2.45. The van der Waals surface area contributed by atoms with Crippen molar-refractivity contribution in [2.24, 2.45) is 11.8 Å². The van der Waals surface area contributed by atoms with Crippen molar-refractivity contribution < 1.29 is 9.90 Å². The third kappa shape index (κ3) is 4.27. The van der Waals surface area contributed by atoms with Crippen LogP contribution in [0.5, 0.6) is 0 Å². The number of aliphatic carboxylic acids is 1. The van der Waals surface area contributed by atoms with Gasteiger partial charge in [-0.1, -0.05) is 20.3 Å². The van der Waals surface area contributed by atoms with Crippen LogP contribution in [0.25, 0.3) is 0 Å². The average Bonchev–Trinajstić information content (AvgIpc) is 2.25. The fourth-order valence-electron chi connectivity index (χ4n) is 3.48. The van der Waals surface area contributed by atoms with Gasteiger partial charge >= 0.3 is 5.97 Å². The molecule has 1 N–H and O–H groups in total. The molecule has 1 aliphatic carbocycles. The molecule has 0 amide bonds. The molecule has 2 atom stereocenters. The van der Waals surface area contributed by atoms with Crippen molar-refractivity contribution in [3.05, 3.63) is 0 Å². The van der Waals surface area contributed by atoms with E-state index in [1.165, 1.54) is 19.3 Å². The van der Waals surface area contributed by atoms with Crippen LogP contribution >= 0.6 is 0 Å². The van der Waals surface area contributed by atoms with Crippen LogP contribution in [-0.2, 0) is 4.79 Å². The first kappa shape index (κ1) is 15.5. The average molecular weight is 255 g/mol. The lowest BCUT2D eigenvalue weighted by molar-refractivity contribution is -0.137. The number of carboxylic acids is 1. The van der Waals surface area contributed by atoms with E-state index in [9.17, 15) is 4.79 Å². The summed E-state index contributed by atoms with van der Waals surface area (Å²) in [7, 11) is 0. The molecule has 0 saturated heterocycles. The maximum absolute atomic E-state index is 10.6. The molecule has 0 spiro atoms. The Morgan fingerprint density at radius 1 is 1.28 bits per heavy atom. The molecule has 0 aliphatic heterocycles. The summed E-state index contributed by atoms with van der Waals surface area (Å²) >= 11 is 0. The molecule has 0 aromatic heterocycles. The van der Waals surface area contributed by atoms with Crippen LogP contribution in [0.1, 0.15) is 59.8 Å². The maximum atomic E-state index is 10.6. The highest BCUT2D eigenvalue weighted by atomic mass is 16.4. The first-order valence-corrected chi connectivity index (χ1v) is 7.41. The Balaban J connectivity index is 2.61. The van der Waals surface area contributed by atoms with Crippen molar-refractivity contribution in [1.82, 2.24) is 4.90 Å². The zero-order chi connectivity index (χ0) is 13.7. The Kier molecular flexibility index (Phi) is 6.13. The molecule has 3 nitrogen and oxygen atoms in total. The van der Waals surface area contributed by atoms with E-state index in [-0.39, 0.29) is 0 Å². The molecule has 1 rings (SSSR count). The maximum Gasteiger partial charge on any atom is 0.303 e. The molecule has 3 heteroatoms. The van der Waals surface area contributed by atoms with E-state index in [4.69, 9.17) is 5.11 Å². The van der Waals surface area contributed by atoms with Crippen LogP contribution in [0.15, 0.2) is 0 Å². The van der Waals surface area contributed by atoms with E-state index in [2.05, 4.69) is 32.6 Å². The Hall–Kier alpha value is -0.570. The first-order chi connectivity index (χ1) is 8.43. The third-order valence-electron chi connectivity index (χ3n) is 4.34. The number of nitrogens with zero attached hydrogens (tertiary/aromatic N) is 1. The van der Waals surface area contributed by atoms with E-state index in [1.807, 2.05) is 0 Å². The summed E-state index contributed by atoms with van der Waals surface area (Å²) in [5, 5.41) is 8.76. The number of hydrogen-bond acceptors (Lipinski definition) is 2. The number of carboxylic acid groups (broad SMARTS) is 1. The van der Waals surface area contributed by atoms with E-state index in [1.54, 1.807) is 0 Å². The van der Waals surface area contributed by atoms with E-state index in [0.717, 1.165) is 24.8 Å². The van der Waals surface area contributed by atoms with Crippen LogP contribution in [0.3, 0.4) is 0 Å². The van der Waals surface area contributed by atoms with Gasteiger partial charge in [-0.15, -0.1) is 0 Å². The number of rotatable bonds is 6.